The molecule has 0 aromatic heterocycles. The second kappa shape index (κ2) is 6.78. The minimum atomic E-state index is -0.632. The van der Waals surface area contributed by atoms with Gasteiger partial charge in [0.15, 0.2) is 0 Å². The predicted octanol–water partition coefficient (Wildman–Crippen LogP) is 1.00. The monoisotopic (exact) mass is 317 g/mol. The number of piperazine rings is 1. The lowest BCUT2D eigenvalue weighted by molar-refractivity contribution is -0.174. The number of hydrogen-bond acceptors (Lipinski definition) is 5. The number of amides is 3. The van der Waals surface area contributed by atoms with Crippen LogP contribution < -0.4 is 0 Å². The van der Waals surface area contributed by atoms with Crippen LogP contribution in [0.25, 0.3) is 0 Å². The van der Waals surface area contributed by atoms with Crippen LogP contribution in [-0.2, 0) is 21.0 Å². The molecule has 0 unspecified atom stereocenters. The molecule has 7 nitrogen and oxygen atoms in total. The maximum absolute atomic E-state index is 12.0. The normalized spacial score (nSPS) is 19.3. The Hall–Kier alpha value is -2.41. The Kier molecular flexibility index (Phi) is 4.57. The van der Waals surface area contributed by atoms with Crippen molar-refractivity contribution in [2.45, 2.75) is 19.4 Å². The molecular weight excluding hydrogens is 298 g/mol. The fraction of sp³-hybridized carbons (Fsp3) is 0.438. The fourth-order valence-corrected chi connectivity index (χ4v) is 2.72. The van der Waals surface area contributed by atoms with Gasteiger partial charge in [0, 0.05) is 45.6 Å². The summed E-state index contributed by atoms with van der Waals surface area (Å²) in [6, 6.07) is 10.1. The zero-order valence-electron chi connectivity index (χ0n) is 12.8. The molecule has 3 rings (SSSR count). The molecule has 0 N–H and O–H groups in total. The smallest absolute Gasteiger partial charge is 0.311 e. The molecule has 3 amide bonds. The Morgan fingerprint density at radius 1 is 0.957 bits per heavy atom. The van der Waals surface area contributed by atoms with Gasteiger partial charge in [-0.05, 0) is 5.56 Å². The number of hydroxylamine groups is 2. The lowest BCUT2D eigenvalue weighted by Gasteiger charge is -2.34. The van der Waals surface area contributed by atoms with Gasteiger partial charge < -0.3 is 9.74 Å². The van der Waals surface area contributed by atoms with Crippen LogP contribution in [0.15, 0.2) is 30.3 Å². The predicted molar refractivity (Wildman–Crippen MR) is 80.9 cm³/mol. The van der Waals surface area contributed by atoms with E-state index in [1.807, 2.05) is 18.2 Å². The SMILES string of the molecule is O=C(ON1C(=O)CCC1=O)N1CCN(Cc2ccccc2)CC1. The molecule has 2 fully saturated rings. The first-order valence-corrected chi connectivity index (χ1v) is 7.72. The van der Waals surface area contributed by atoms with Crippen molar-refractivity contribution in [3.8, 4) is 0 Å². The first-order chi connectivity index (χ1) is 11.1. The minimum absolute atomic E-state index is 0.108. The number of carbonyl (C=O) groups excluding carboxylic acids is 3. The molecule has 122 valence electrons. The highest BCUT2D eigenvalue weighted by Gasteiger charge is 2.34. The van der Waals surface area contributed by atoms with Crippen LogP contribution >= 0.6 is 0 Å². The zero-order chi connectivity index (χ0) is 16.2. The van der Waals surface area contributed by atoms with E-state index in [2.05, 4.69) is 17.0 Å². The van der Waals surface area contributed by atoms with Crippen molar-refractivity contribution in [1.82, 2.24) is 14.9 Å². The Morgan fingerprint density at radius 3 is 2.17 bits per heavy atom. The third-order valence-corrected chi connectivity index (χ3v) is 4.05. The number of carbonyl (C=O) groups is 3. The van der Waals surface area contributed by atoms with Gasteiger partial charge in [0.05, 0.1) is 0 Å². The highest BCUT2D eigenvalue weighted by atomic mass is 16.7. The van der Waals surface area contributed by atoms with Gasteiger partial charge >= 0.3 is 6.09 Å². The molecule has 2 aliphatic heterocycles. The van der Waals surface area contributed by atoms with Crippen LogP contribution in [0.4, 0.5) is 4.79 Å². The van der Waals surface area contributed by atoms with E-state index >= 15 is 0 Å². The van der Waals surface area contributed by atoms with Gasteiger partial charge in [-0.3, -0.25) is 14.5 Å². The summed E-state index contributed by atoms with van der Waals surface area (Å²) >= 11 is 0. The Bertz CT molecular complexity index is 581. The summed E-state index contributed by atoms with van der Waals surface area (Å²) < 4.78 is 0. The highest BCUT2D eigenvalue weighted by Crippen LogP contribution is 2.14. The average Bonchev–Trinajstić information content (AvgIpc) is 2.88. The van der Waals surface area contributed by atoms with Gasteiger partial charge in [0.25, 0.3) is 11.8 Å². The fourth-order valence-electron chi connectivity index (χ4n) is 2.72. The van der Waals surface area contributed by atoms with Gasteiger partial charge in [-0.25, -0.2) is 4.79 Å². The van der Waals surface area contributed by atoms with Crippen molar-refractivity contribution in [3.63, 3.8) is 0 Å². The molecule has 0 saturated carbocycles. The van der Waals surface area contributed by atoms with Crippen molar-refractivity contribution in [3.05, 3.63) is 35.9 Å². The molecule has 23 heavy (non-hydrogen) atoms. The van der Waals surface area contributed by atoms with Crippen molar-refractivity contribution in [1.29, 1.82) is 0 Å². The van der Waals surface area contributed by atoms with Crippen molar-refractivity contribution >= 4 is 17.9 Å². The molecule has 7 heteroatoms. The second-order valence-electron chi connectivity index (χ2n) is 5.69. The summed E-state index contributed by atoms with van der Waals surface area (Å²) in [6.45, 7) is 3.33. The minimum Gasteiger partial charge on any atom is -0.311 e. The summed E-state index contributed by atoms with van der Waals surface area (Å²) in [5, 5.41) is 0.596. The van der Waals surface area contributed by atoms with E-state index in [0.717, 1.165) is 19.6 Å². The number of rotatable bonds is 3. The van der Waals surface area contributed by atoms with E-state index in [1.165, 1.54) is 10.5 Å². The molecular formula is C16H19N3O4. The third kappa shape index (κ3) is 3.68. The highest BCUT2D eigenvalue weighted by molar-refractivity contribution is 6.01. The second-order valence-corrected chi connectivity index (χ2v) is 5.69. The van der Waals surface area contributed by atoms with Crippen molar-refractivity contribution in [2.24, 2.45) is 0 Å². The van der Waals surface area contributed by atoms with Crippen molar-refractivity contribution in [2.75, 3.05) is 26.2 Å². The number of nitrogens with zero attached hydrogens (tertiary/aromatic N) is 3. The third-order valence-electron chi connectivity index (χ3n) is 4.05. The summed E-state index contributed by atoms with van der Waals surface area (Å²) in [5.74, 6) is -0.905. The van der Waals surface area contributed by atoms with Gasteiger partial charge in [-0.1, -0.05) is 30.3 Å². The van der Waals surface area contributed by atoms with E-state index in [4.69, 9.17) is 4.84 Å². The molecule has 1 aromatic rings. The topological polar surface area (TPSA) is 70.2 Å². The van der Waals surface area contributed by atoms with Crippen LogP contribution in [0, 0.1) is 0 Å². The molecule has 2 aliphatic rings. The van der Waals surface area contributed by atoms with Gasteiger partial charge in [-0.2, -0.15) is 0 Å². The average molecular weight is 317 g/mol. The summed E-state index contributed by atoms with van der Waals surface area (Å²) in [7, 11) is 0. The summed E-state index contributed by atoms with van der Waals surface area (Å²) in [4.78, 5) is 43.7. The van der Waals surface area contributed by atoms with E-state index in [-0.39, 0.29) is 12.8 Å². The Balaban J connectivity index is 1.48. The molecule has 0 aliphatic carbocycles. The van der Waals surface area contributed by atoms with Crippen LogP contribution in [0.5, 0.6) is 0 Å². The number of imide groups is 1. The Morgan fingerprint density at radius 2 is 1.57 bits per heavy atom. The van der Waals surface area contributed by atoms with Crippen LogP contribution in [0.3, 0.4) is 0 Å². The molecule has 1 aromatic carbocycles. The zero-order valence-corrected chi connectivity index (χ0v) is 12.8. The van der Waals surface area contributed by atoms with E-state index in [0.29, 0.717) is 18.2 Å². The van der Waals surface area contributed by atoms with E-state index in [1.54, 1.807) is 0 Å². The maximum Gasteiger partial charge on any atom is 0.434 e. The van der Waals surface area contributed by atoms with Gasteiger partial charge in [0.1, 0.15) is 0 Å². The molecule has 0 spiro atoms. The first-order valence-electron chi connectivity index (χ1n) is 7.72. The molecule has 0 bridgehead atoms. The van der Waals surface area contributed by atoms with E-state index < -0.39 is 17.9 Å². The van der Waals surface area contributed by atoms with E-state index in [9.17, 15) is 14.4 Å². The Labute approximate surface area is 134 Å². The summed E-state index contributed by atoms with van der Waals surface area (Å²) in [5.41, 5.74) is 1.23. The number of hydrogen-bond donors (Lipinski definition) is 0. The molecule has 2 saturated heterocycles. The van der Waals surface area contributed by atoms with Crippen molar-refractivity contribution < 1.29 is 19.2 Å². The largest absolute Gasteiger partial charge is 0.434 e. The maximum atomic E-state index is 12.0. The molecule has 0 atom stereocenters. The quantitative estimate of drug-likeness (QED) is 0.778. The number of benzene rings is 1. The van der Waals surface area contributed by atoms with Gasteiger partial charge in [-0.15, -0.1) is 5.06 Å². The lowest BCUT2D eigenvalue weighted by Crippen LogP contribution is -2.50. The standard InChI is InChI=1S/C16H19N3O4/c20-14-6-7-15(21)19(14)23-16(22)18-10-8-17(9-11-18)12-13-4-2-1-3-5-13/h1-5H,6-12H2. The van der Waals surface area contributed by atoms with Gasteiger partial charge in [0.2, 0.25) is 0 Å². The van der Waals surface area contributed by atoms with Crippen LogP contribution in [-0.4, -0.2) is 58.9 Å². The van der Waals surface area contributed by atoms with Crippen LogP contribution in [0.1, 0.15) is 18.4 Å². The lowest BCUT2D eigenvalue weighted by atomic mass is 10.2. The van der Waals surface area contributed by atoms with Crippen LogP contribution in [0.2, 0.25) is 0 Å². The molecule has 0 radical (unpaired) electrons. The first kappa shape index (κ1) is 15.5. The molecule has 2 heterocycles. The summed E-state index contributed by atoms with van der Waals surface area (Å²) in [6.07, 6.45) is -0.415.